The van der Waals surface area contributed by atoms with Crippen LogP contribution in [0, 0.1) is 0 Å². The van der Waals surface area contributed by atoms with Crippen LogP contribution in [-0.2, 0) is 20.7 Å². The SMILES string of the molecule is O=C(O)[C@H]1COCCN1C(=O)CCc1ccco1. The van der Waals surface area contributed by atoms with Crippen LogP contribution in [0.25, 0.3) is 0 Å². The lowest BCUT2D eigenvalue weighted by Gasteiger charge is -2.32. The van der Waals surface area contributed by atoms with Gasteiger partial charge in [-0.3, -0.25) is 4.79 Å². The van der Waals surface area contributed by atoms with Crippen LogP contribution >= 0.6 is 0 Å². The summed E-state index contributed by atoms with van der Waals surface area (Å²) in [6.07, 6.45) is 2.28. The van der Waals surface area contributed by atoms with Gasteiger partial charge in [-0.1, -0.05) is 0 Å². The Morgan fingerprint density at radius 3 is 3.00 bits per heavy atom. The van der Waals surface area contributed by atoms with Crippen LogP contribution < -0.4 is 0 Å². The minimum absolute atomic E-state index is 0.0574. The lowest BCUT2D eigenvalue weighted by molar-refractivity contribution is -0.158. The topological polar surface area (TPSA) is 80.0 Å². The van der Waals surface area contributed by atoms with E-state index in [1.165, 1.54) is 4.90 Å². The average Bonchev–Trinajstić information content (AvgIpc) is 2.89. The van der Waals surface area contributed by atoms with E-state index in [1.54, 1.807) is 18.4 Å². The normalized spacial score (nSPS) is 19.8. The summed E-state index contributed by atoms with van der Waals surface area (Å²) in [5.41, 5.74) is 0. The Hall–Kier alpha value is -1.82. The number of nitrogens with zero attached hydrogens (tertiary/aromatic N) is 1. The molecule has 0 spiro atoms. The summed E-state index contributed by atoms with van der Waals surface area (Å²) in [4.78, 5) is 24.4. The number of morpholine rings is 1. The average molecular weight is 253 g/mol. The molecule has 98 valence electrons. The summed E-state index contributed by atoms with van der Waals surface area (Å²) in [5.74, 6) is -0.480. The Balaban J connectivity index is 1.92. The van der Waals surface area contributed by atoms with E-state index in [0.29, 0.717) is 19.6 Å². The number of aliphatic carboxylic acids is 1. The maximum atomic E-state index is 12.0. The fraction of sp³-hybridized carbons (Fsp3) is 0.500. The van der Waals surface area contributed by atoms with Crippen molar-refractivity contribution in [2.24, 2.45) is 0 Å². The number of carboxylic acids is 1. The zero-order chi connectivity index (χ0) is 13.0. The molecule has 1 aliphatic rings. The van der Waals surface area contributed by atoms with E-state index in [1.807, 2.05) is 0 Å². The van der Waals surface area contributed by atoms with Crippen LogP contribution in [0.3, 0.4) is 0 Å². The number of hydrogen-bond acceptors (Lipinski definition) is 4. The molecule has 0 bridgehead atoms. The van der Waals surface area contributed by atoms with Gasteiger partial charge in [-0.15, -0.1) is 0 Å². The van der Waals surface area contributed by atoms with E-state index < -0.39 is 12.0 Å². The van der Waals surface area contributed by atoms with Gasteiger partial charge in [0.05, 0.1) is 19.5 Å². The lowest BCUT2D eigenvalue weighted by Crippen LogP contribution is -2.52. The van der Waals surface area contributed by atoms with E-state index in [-0.39, 0.29) is 18.9 Å². The molecule has 2 heterocycles. The maximum absolute atomic E-state index is 12.0. The van der Waals surface area contributed by atoms with Gasteiger partial charge in [0.25, 0.3) is 0 Å². The van der Waals surface area contributed by atoms with Gasteiger partial charge in [0, 0.05) is 19.4 Å². The van der Waals surface area contributed by atoms with Crippen molar-refractivity contribution in [3.8, 4) is 0 Å². The van der Waals surface area contributed by atoms with E-state index in [2.05, 4.69) is 0 Å². The molecule has 1 saturated heterocycles. The minimum atomic E-state index is -1.03. The lowest BCUT2D eigenvalue weighted by atomic mass is 10.1. The van der Waals surface area contributed by atoms with Gasteiger partial charge in [0.2, 0.25) is 5.91 Å². The molecule has 2 rings (SSSR count). The van der Waals surface area contributed by atoms with Crippen molar-refractivity contribution in [1.82, 2.24) is 4.90 Å². The maximum Gasteiger partial charge on any atom is 0.328 e. The largest absolute Gasteiger partial charge is 0.480 e. The van der Waals surface area contributed by atoms with Crippen LogP contribution in [0.1, 0.15) is 12.2 Å². The summed E-state index contributed by atoms with van der Waals surface area (Å²) < 4.78 is 10.2. The van der Waals surface area contributed by atoms with Gasteiger partial charge in [0.15, 0.2) is 6.04 Å². The van der Waals surface area contributed by atoms with Gasteiger partial charge in [-0.25, -0.2) is 4.79 Å². The zero-order valence-electron chi connectivity index (χ0n) is 9.87. The number of ether oxygens (including phenoxy) is 1. The summed E-state index contributed by atoms with van der Waals surface area (Å²) >= 11 is 0. The Morgan fingerprint density at radius 2 is 2.33 bits per heavy atom. The van der Waals surface area contributed by atoms with E-state index in [9.17, 15) is 9.59 Å². The highest BCUT2D eigenvalue weighted by Crippen LogP contribution is 2.11. The Morgan fingerprint density at radius 1 is 1.50 bits per heavy atom. The molecule has 1 atom stereocenters. The summed E-state index contributed by atoms with van der Waals surface area (Å²) in [7, 11) is 0. The van der Waals surface area contributed by atoms with Crippen molar-refractivity contribution in [1.29, 1.82) is 0 Å². The van der Waals surface area contributed by atoms with E-state index in [0.717, 1.165) is 5.76 Å². The second-order valence-corrected chi connectivity index (χ2v) is 4.10. The van der Waals surface area contributed by atoms with E-state index in [4.69, 9.17) is 14.3 Å². The first-order valence-electron chi connectivity index (χ1n) is 5.81. The van der Waals surface area contributed by atoms with Crippen LogP contribution in [0.15, 0.2) is 22.8 Å². The molecule has 1 aliphatic heterocycles. The number of furan rings is 1. The summed E-state index contributed by atoms with van der Waals surface area (Å²) in [6.45, 7) is 0.770. The number of amides is 1. The molecule has 1 fully saturated rings. The molecule has 0 aliphatic carbocycles. The first-order chi connectivity index (χ1) is 8.68. The fourth-order valence-electron chi connectivity index (χ4n) is 1.94. The molecule has 18 heavy (non-hydrogen) atoms. The second kappa shape index (κ2) is 5.68. The Labute approximate surface area is 104 Å². The van der Waals surface area contributed by atoms with Crippen molar-refractivity contribution >= 4 is 11.9 Å². The molecular formula is C12H15NO5. The molecule has 1 aromatic rings. The number of carbonyl (C=O) groups excluding carboxylic acids is 1. The third-order valence-corrected chi connectivity index (χ3v) is 2.90. The third-order valence-electron chi connectivity index (χ3n) is 2.90. The van der Waals surface area contributed by atoms with Crippen molar-refractivity contribution in [3.05, 3.63) is 24.2 Å². The second-order valence-electron chi connectivity index (χ2n) is 4.10. The first-order valence-corrected chi connectivity index (χ1v) is 5.81. The summed E-state index contributed by atoms with van der Waals surface area (Å²) in [6, 6.07) is 2.68. The minimum Gasteiger partial charge on any atom is -0.480 e. The quantitative estimate of drug-likeness (QED) is 0.846. The number of carbonyl (C=O) groups is 2. The molecule has 6 nitrogen and oxygen atoms in total. The van der Waals surface area contributed by atoms with Gasteiger partial charge in [-0.05, 0) is 12.1 Å². The van der Waals surface area contributed by atoms with Crippen molar-refractivity contribution in [2.45, 2.75) is 18.9 Å². The highest BCUT2D eigenvalue weighted by Gasteiger charge is 2.32. The molecule has 1 aromatic heterocycles. The van der Waals surface area contributed by atoms with E-state index >= 15 is 0 Å². The van der Waals surface area contributed by atoms with Crippen molar-refractivity contribution < 1.29 is 23.8 Å². The molecule has 0 radical (unpaired) electrons. The first kappa shape index (κ1) is 12.6. The Bertz CT molecular complexity index is 414. The smallest absolute Gasteiger partial charge is 0.328 e. The summed E-state index contributed by atoms with van der Waals surface area (Å²) in [5, 5.41) is 9.02. The van der Waals surface area contributed by atoms with Crippen molar-refractivity contribution in [2.75, 3.05) is 19.8 Å². The monoisotopic (exact) mass is 253 g/mol. The number of aryl methyl sites for hydroxylation is 1. The molecule has 0 saturated carbocycles. The van der Waals surface area contributed by atoms with Crippen molar-refractivity contribution in [3.63, 3.8) is 0 Å². The van der Waals surface area contributed by atoms with Crippen LogP contribution in [0.2, 0.25) is 0 Å². The molecule has 0 aromatic carbocycles. The highest BCUT2D eigenvalue weighted by atomic mass is 16.5. The third kappa shape index (κ3) is 2.89. The standard InChI is InChI=1S/C12H15NO5/c14-11(4-3-9-2-1-6-18-9)13-5-7-17-8-10(13)12(15)16/h1-2,6,10H,3-5,7-8H2,(H,15,16)/t10-/m1/s1. The van der Waals surface area contributed by atoms with Crippen LogP contribution in [0.4, 0.5) is 0 Å². The molecular weight excluding hydrogens is 238 g/mol. The highest BCUT2D eigenvalue weighted by molar-refractivity contribution is 5.84. The fourth-order valence-corrected chi connectivity index (χ4v) is 1.94. The Kier molecular flexibility index (Phi) is 3.99. The number of carboxylic acid groups (broad SMARTS) is 1. The number of hydrogen-bond donors (Lipinski definition) is 1. The predicted octanol–water partition coefficient (Wildman–Crippen LogP) is 0.524. The predicted molar refractivity (Wildman–Crippen MR) is 61.0 cm³/mol. The molecule has 1 amide bonds. The van der Waals surface area contributed by atoms with Crippen LogP contribution in [0.5, 0.6) is 0 Å². The zero-order valence-corrected chi connectivity index (χ0v) is 9.87. The van der Waals surface area contributed by atoms with Gasteiger partial charge < -0.3 is 19.2 Å². The molecule has 1 N–H and O–H groups in total. The van der Waals surface area contributed by atoms with Crippen LogP contribution in [-0.4, -0.2) is 47.7 Å². The van der Waals surface area contributed by atoms with Gasteiger partial charge in [0.1, 0.15) is 5.76 Å². The molecule has 6 heteroatoms. The van der Waals surface area contributed by atoms with Gasteiger partial charge in [-0.2, -0.15) is 0 Å². The molecule has 0 unspecified atom stereocenters. The van der Waals surface area contributed by atoms with Gasteiger partial charge >= 0.3 is 5.97 Å². The number of rotatable bonds is 4.